The van der Waals surface area contributed by atoms with Crippen LogP contribution in [0.25, 0.3) is 0 Å². The topological polar surface area (TPSA) is 269 Å². The van der Waals surface area contributed by atoms with Gasteiger partial charge in [0.25, 0.3) is 0 Å². The molecule has 2 fully saturated rings. The molecule has 1 heterocycles. The number of primary amides is 2. The monoisotopic (exact) mass is 783 g/mol. The van der Waals surface area contributed by atoms with E-state index in [4.69, 9.17) is 21.3 Å². The third-order valence-electron chi connectivity index (χ3n) is 9.90. The van der Waals surface area contributed by atoms with E-state index < -0.39 is 77.7 Å². The fraction of sp³-hybridized carbons (Fsp3) is 0.590. The average Bonchev–Trinajstić information content (AvgIpc) is 3.66. The molecule has 1 aliphatic carbocycles. The van der Waals surface area contributed by atoms with E-state index in [0.29, 0.717) is 12.0 Å². The van der Waals surface area contributed by atoms with Gasteiger partial charge in [-0.05, 0) is 68.8 Å². The van der Waals surface area contributed by atoms with Crippen molar-refractivity contribution in [3.05, 3.63) is 48.0 Å². The fourth-order valence-electron chi connectivity index (χ4n) is 7.06. The maximum absolute atomic E-state index is 14.1. The third-order valence-corrected chi connectivity index (χ3v) is 9.90. The molecular formula is C39H57N7O10. The van der Waals surface area contributed by atoms with Crippen LogP contribution in [-0.4, -0.2) is 94.3 Å². The summed E-state index contributed by atoms with van der Waals surface area (Å²) in [6, 6.07) is 3.24. The second kappa shape index (κ2) is 22.8. The van der Waals surface area contributed by atoms with Crippen molar-refractivity contribution in [1.82, 2.24) is 26.2 Å². The van der Waals surface area contributed by atoms with Gasteiger partial charge >= 0.3 is 12.1 Å². The van der Waals surface area contributed by atoms with Crippen molar-refractivity contribution >= 4 is 47.5 Å². The predicted octanol–water partition coefficient (Wildman–Crippen LogP) is 1.53. The zero-order valence-corrected chi connectivity index (χ0v) is 32.2. The lowest BCUT2D eigenvalue weighted by Crippen LogP contribution is -2.59. The number of carbonyl (C=O) groups is 8. The highest BCUT2D eigenvalue weighted by Crippen LogP contribution is 2.27. The number of nitrogens with one attached hydrogen (secondary N) is 4. The molecule has 0 spiro atoms. The molecule has 1 aliphatic heterocycles. The molecule has 7 amide bonds. The maximum Gasteiger partial charge on any atom is 0.408 e. The summed E-state index contributed by atoms with van der Waals surface area (Å²) in [5, 5.41) is 19.6. The van der Waals surface area contributed by atoms with E-state index in [2.05, 4.69) is 21.3 Å². The summed E-state index contributed by atoms with van der Waals surface area (Å²) >= 11 is 0. The van der Waals surface area contributed by atoms with E-state index in [1.54, 1.807) is 30.3 Å². The number of carboxylic acid groups (broad SMARTS) is 1. The first-order valence-electron chi connectivity index (χ1n) is 19.3. The summed E-state index contributed by atoms with van der Waals surface area (Å²) in [4.78, 5) is 104. The van der Waals surface area contributed by atoms with Gasteiger partial charge in [0.1, 0.15) is 36.8 Å². The summed E-state index contributed by atoms with van der Waals surface area (Å²) < 4.78 is 5.27. The quantitative estimate of drug-likeness (QED) is 0.0884. The van der Waals surface area contributed by atoms with Crippen LogP contribution >= 0.6 is 0 Å². The van der Waals surface area contributed by atoms with Gasteiger partial charge in [0, 0.05) is 19.0 Å². The van der Waals surface area contributed by atoms with E-state index in [9.17, 15) is 38.4 Å². The lowest BCUT2D eigenvalue weighted by molar-refractivity contribution is -0.142. The Kier molecular flexibility index (Phi) is 18.3. The van der Waals surface area contributed by atoms with E-state index >= 15 is 0 Å². The molecule has 308 valence electrons. The molecule has 3 rings (SSSR count). The van der Waals surface area contributed by atoms with E-state index in [0.717, 1.165) is 38.2 Å². The molecule has 1 aromatic rings. The van der Waals surface area contributed by atoms with E-state index in [1.165, 1.54) is 11.0 Å². The van der Waals surface area contributed by atoms with Crippen LogP contribution in [0.4, 0.5) is 4.79 Å². The first-order valence-corrected chi connectivity index (χ1v) is 19.3. The molecular weight excluding hydrogens is 726 g/mol. The number of alkyl carbamates (subject to hydrolysis) is 1. The van der Waals surface area contributed by atoms with Crippen LogP contribution in [-0.2, 0) is 44.9 Å². The van der Waals surface area contributed by atoms with Crippen LogP contribution in [0.2, 0.25) is 0 Å². The average molecular weight is 784 g/mol. The summed E-state index contributed by atoms with van der Waals surface area (Å²) in [5.74, 6) is -5.36. The highest BCUT2D eigenvalue weighted by Gasteiger charge is 2.40. The molecule has 1 aromatic carbocycles. The minimum absolute atomic E-state index is 0.0285. The van der Waals surface area contributed by atoms with Crippen molar-refractivity contribution in [1.29, 1.82) is 0 Å². The van der Waals surface area contributed by atoms with Gasteiger partial charge in [-0.15, -0.1) is 0 Å². The lowest BCUT2D eigenvalue weighted by atomic mass is 9.83. The molecule has 9 N–H and O–H groups in total. The predicted molar refractivity (Wildman–Crippen MR) is 204 cm³/mol. The Balaban J connectivity index is 1.76. The van der Waals surface area contributed by atoms with Crippen molar-refractivity contribution in [3.63, 3.8) is 0 Å². The second-order valence-corrected chi connectivity index (χ2v) is 14.8. The zero-order valence-electron chi connectivity index (χ0n) is 32.2. The smallest absolute Gasteiger partial charge is 0.408 e. The Hall–Kier alpha value is -5.48. The number of aliphatic carboxylic acids is 1. The number of rotatable bonds is 21. The fourth-order valence-corrected chi connectivity index (χ4v) is 7.06. The molecule has 1 saturated heterocycles. The van der Waals surface area contributed by atoms with Crippen LogP contribution in [0.5, 0.6) is 0 Å². The van der Waals surface area contributed by atoms with Crippen LogP contribution in [0.15, 0.2) is 42.5 Å². The van der Waals surface area contributed by atoms with Crippen molar-refractivity contribution in [3.8, 4) is 0 Å². The molecule has 17 nitrogen and oxygen atoms in total. The van der Waals surface area contributed by atoms with Gasteiger partial charge in [0.05, 0.1) is 0 Å². The number of hydrogen-bond acceptors (Lipinski definition) is 9. The number of nitrogens with zero attached hydrogens (tertiary/aromatic N) is 1. The first kappa shape index (κ1) is 44.9. The van der Waals surface area contributed by atoms with Crippen molar-refractivity contribution in [2.45, 2.75) is 128 Å². The van der Waals surface area contributed by atoms with Crippen LogP contribution in [0.1, 0.15) is 96.5 Å². The number of carboxylic acids is 1. The van der Waals surface area contributed by atoms with Gasteiger partial charge in [0.15, 0.2) is 0 Å². The van der Waals surface area contributed by atoms with Gasteiger partial charge < -0.3 is 47.5 Å². The molecule has 2 aliphatic rings. The van der Waals surface area contributed by atoms with Crippen molar-refractivity contribution in [2.24, 2.45) is 23.3 Å². The van der Waals surface area contributed by atoms with E-state index in [1.807, 2.05) is 13.8 Å². The number of carbonyl (C=O) groups excluding carboxylic acids is 7. The summed E-state index contributed by atoms with van der Waals surface area (Å²) in [6.45, 7) is 3.80. The minimum Gasteiger partial charge on any atom is -0.478 e. The Labute approximate surface area is 327 Å². The molecule has 1 unspecified atom stereocenters. The van der Waals surface area contributed by atoms with Gasteiger partial charge in [0.2, 0.25) is 35.4 Å². The Morgan fingerprint density at radius 3 is 2.14 bits per heavy atom. The number of likely N-dealkylation sites (tertiary alicyclic amines) is 1. The zero-order chi connectivity index (χ0) is 41.2. The van der Waals surface area contributed by atoms with Gasteiger partial charge in [-0.1, -0.05) is 69.5 Å². The highest BCUT2D eigenvalue weighted by atomic mass is 16.5. The van der Waals surface area contributed by atoms with Crippen LogP contribution in [0, 0.1) is 11.8 Å². The number of benzene rings is 1. The number of amides is 7. The molecule has 0 aromatic heterocycles. The lowest BCUT2D eigenvalue weighted by Gasteiger charge is -2.32. The first-order chi connectivity index (χ1) is 26.7. The molecule has 1 saturated carbocycles. The molecule has 5 atom stereocenters. The normalized spacial score (nSPS) is 18.0. The Bertz CT molecular complexity index is 1560. The maximum atomic E-state index is 14.1. The van der Waals surface area contributed by atoms with Crippen molar-refractivity contribution < 1.29 is 48.2 Å². The highest BCUT2D eigenvalue weighted by molar-refractivity contribution is 5.96. The number of ether oxygens (including phenoxy) is 1. The second-order valence-electron chi connectivity index (χ2n) is 14.8. The third kappa shape index (κ3) is 15.0. The van der Waals surface area contributed by atoms with Crippen molar-refractivity contribution in [2.75, 3.05) is 6.54 Å². The largest absolute Gasteiger partial charge is 0.478 e. The SMILES string of the molecule is CC(C)C[C@H](NC(=O)[C@@H]1CCCN1C(=O)[C@H](CCC(N)=O)NC(=O)C(CCC=CC(=O)O)NC(=O)OCc1ccccc1)C(=O)N[C@H](C(N)=O)C1CCCCC1. The minimum atomic E-state index is -1.34. The molecule has 17 heteroatoms. The Morgan fingerprint density at radius 2 is 1.52 bits per heavy atom. The van der Waals surface area contributed by atoms with Gasteiger partial charge in [-0.3, -0.25) is 28.8 Å². The number of hydrogen-bond donors (Lipinski definition) is 7. The molecule has 56 heavy (non-hydrogen) atoms. The van der Waals surface area contributed by atoms with Crippen LogP contribution < -0.4 is 32.7 Å². The van der Waals surface area contributed by atoms with Gasteiger partial charge in [-0.2, -0.15) is 0 Å². The summed E-state index contributed by atoms with van der Waals surface area (Å²) in [7, 11) is 0. The summed E-state index contributed by atoms with van der Waals surface area (Å²) in [5.41, 5.74) is 11.8. The standard InChI is InChI=1S/C39H57N7O10/c1-24(2)22-29(36(52)45-33(34(41)50)26-14-7-4-8-15-26)43-37(53)30-17-11-21-46(30)38(54)28(19-20-31(40)47)42-35(51)27(16-9-10-18-32(48)49)44-39(55)56-23-25-12-5-3-6-13-25/h3,5-6,10,12-13,18,24,26-30,33H,4,7-9,11,14-17,19-23H2,1-2H3,(H2,40,47)(H2,41,50)(H,42,51)(H,43,53)(H,44,55)(H,45,52)(H,48,49)/t27?,28-,29-,30-,33-/m0/s1. The number of allylic oxidation sites excluding steroid dienone is 1. The van der Waals surface area contributed by atoms with Gasteiger partial charge in [-0.25, -0.2) is 9.59 Å². The Morgan fingerprint density at radius 1 is 0.839 bits per heavy atom. The van der Waals surface area contributed by atoms with E-state index in [-0.39, 0.29) is 63.5 Å². The molecule has 0 radical (unpaired) electrons. The van der Waals surface area contributed by atoms with Crippen LogP contribution in [0.3, 0.4) is 0 Å². The number of nitrogens with two attached hydrogens (primary N) is 2. The summed E-state index contributed by atoms with van der Waals surface area (Å²) in [6.07, 6.45) is 6.05. The molecule has 0 bridgehead atoms.